The van der Waals surface area contributed by atoms with Gasteiger partial charge in [0.15, 0.2) is 0 Å². The minimum Gasteiger partial charge on any atom is -0.395 e. The molecule has 1 heterocycles. The second-order valence-electron chi connectivity index (χ2n) is 3.72. The molecule has 0 aliphatic rings. The van der Waals surface area contributed by atoms with Gasteiger partial charge in [0.25, 0.3) is 0 Å². The van der Waals surface area contributed by atoms with Crippen molar-refractivity contribution in [3.63, 3.8) is 0 Å². The number of aliphatic hydroxyl groups is 1. The summed E-state index contributed by atoms with van der Waals surface area (Å²) < 4.78 is 0. The van der Waals surface area contributed by atoms with Gasteiger partial charge in [-0.3, -0.25) is 9.59 Å². The summed E-state index contributed by atoms with van der Waals surface area (Å²) in [6.07, 6.45) is 0.435. The SMILES string of the molecule is CC(=O)NCC(=O)NCc1sccc1C#CCCO. The van der Waals surface area contributed by atoms with Crippen LogP contribution in [-0.2, 0) is 16.1 Å². The molecular weight excluding hydrogens is 264 g/mol. The van der Waals surface area contributed by atoms with E-state index in [2.05, 4.69) is 22.5 Å². The van der Waals surface area contributed by atoms with Crippen LogP contribution in [0.15, 0.2) is 11.4 Å². The summed E-state index contributed by atoms with van der Waals surface area (Å²) in [6, 6.07) is 1.88. The third-order valence-electron chi connectivity index (χ3n) is 2.15. The van der Waals surface area contributed by atoms with Crippen LogP contribution in [-0.4, -0.2) is 30.1 Å². The molecule has 0 spiro atoms. The molecule has 0 fully saturated rings. The zero-order valence-corrected chi connectivity index (χ0v) is 11.5. The van der Waals surface area contributed by atoms with Gasteiger partial charge in [0.2, 0.25) is 11.8 Å². The minimum absolute atomic E-state index is 0.0216. The molecule has 0 aromatic carbocycles. The highest BCUT2D eigenvalue weighted by atomic mass is 32.1. The molecule has 102 valence electrons. The molecule has 6 heteroatoms. The number of aliphatic hydroxyl groups excluding tert-OH is 1. The van der Waals surface area contributed by atoms with Crippen molar-refractivity contribution < 1.29 is 14.7 Å². The van der Waals surface area contributed by atoms with Gasteiger partial charge in [-0.2, -0.15) is 0 Å². The second-order valence-corrected chi connectivity index (χ2v) is 4.72. The Balaban J connectivity index is 2.46. The van der Waals surface area contributed by atoms with Crippen molar-refractivity contribution in [1.29, 1.82) is 0 Å². The van der Waals surface area contributed by atoms with Crippen molar-refractivity contribution in [2.24, 2.45) is 0 Å². The quantitative estimate of drug-likeness (QED) is 0.676. The normalized spacial score (nSPS) is 9.37. The van der Waals surface area contributed by atoms with Crippen LogP contribution in [0.25, 0.3) is 0 Å². The number of carbonyl (C=O) groups excluding carboxylic acids is 2. The molecule has 19 heavy (non-hydrogen) atoms. The lowest BCUT2D eigenvalue weighted by atomic mass is 10.2. The van der Waals surface area contributed by atoms with E-state index in [0.29, 0.717) is 13.0 Å². The molecule has 0 atom stereocenters. The molecule has 1 aromatic heterocycles. The van der Waals surface area contributed by atoms with Gasteiger partial charge in [0.1, 0.15) is 0 Å². The van der Waals surface area contributed by atoms with Crippen molar-refractivity contribution >= 4 is 23.2 Å². The maximum Gasteiger partial charge on any atom is 0.239 e. The first-order chi connectivity index (χ1) is 9.13. The molecule has 0 aliphatic heterocycles. The van der Waals surface area contributed by atoms with E-state index in [1.807, 2.05) is 11.4 Å². The zero-order chi connectivity index (χ0) is 14.1. The van der Waals surface area contributed by atoms with E-state index < -0.39 is 0 Å². The molecule has 0 radical (unpaired) electrons. The fourth-order valence-electron chi connectivity index (χ4n) is 1.25. The van der Waals surface area contributed by atoms with E-state index in [1.54, 1.807) is 0 Å². The summed E-state index contributed by atoms with van der Waals surface area (Å²) >= 11 is 1.51. The highest BCUT2D eigenvalue weighted by Crippen LogP contribution is 2.15. The van der Waals surface area contributed by atoms with Crippen LogP contribution in [0.2, 0.25) is 0 Å². The fraction of sp³-hybridized carbons (Fsp3) is 0.385. The van der Waals surface area contributed by atoms with Crippen LogP contribution in [0.5, 0.6) is 0 Å². The number of hydrogen-bond donors (Lipinski definition) is 3. The molecule has 0 unspecified atom stereocenters. The smallest absolute Gasteiger partial charge is 0.239 e. The zero-order valence-electron chi connectivity index (χ0n) is 10.7. The van der Waals surface area contributed by atoms with Crippen molar-refractivity contribution in [3.8, 4) is 11.8 Å². The molecule has 0 bridgehead atoms. The first kappa shape index (κ1) is 15.2. The monoisotopic (exact) mass is 280 g/mol. The van der Waals surface area contributed by atoms with Gasteiger partial charge >= 0.3 is 0 Å². The van der Waals surface area contributed by atoms with Gasteiger partial charge in [-0.15, -0.1) is 11.3 Å². The van der Waals surface area contributed by atoms with Crippen LogP contribution in [0.4, 0.5) is 0 Å². The average Bonchev–Trinajstić information content (AvgIpc) is 2.82. The van der Waals surface area contributed by atoms with Gasteiger partial charge in [-0.05, 0) is 11.4 Å². The van der Waals surface area contributed by atoms with E-state index in [4.69, 9.17) is 5.11 Å². The summed E-state index contributed by atoms with van der Waals surface area (Å²) in [6.45, 7) is 1.77. The predicted molar refractivity (Wildman–Crippen MR) is 73.4 cm³/mol. The van der Waals surface area contributed by atoms with Crippen molar-refractivity contribution in [3.05, 3.63) is 21.9 Å². The third-order valence-corrected chi connectivity index (χ3v) is 3.07. The van der Waals surface area contributed by atoms with Gasteiger partial charge in [0.05, 0.1) is 19.7 Å². The van der Waals surface area contributed by atoms with E-state index in [9.17, 15) is 9.59 Å². The molecule has 0 saturated carbocycles. The summed E-state index contributed by atoms with van der Waals surface area (Å²) in [4.78, 5) is 23.0. The Morgan fingerprint density at radius 2 is 2.21 bits per heavy atom. The number of carbonyl (C=O) groups is 2. The van der Waals surface area contributed by atoms with Gasteiger partial charge < -0.3 is 15.7 Å². The van der Waals surface area contributed by atoms with Crippen molar-refractivity contribution in [2.75, 3.05) is 13.2 Å². The molecule has 1 aromatic rings. The maximum atomic E-state index is 11.4. The molecule has 0 aliphatic carbocycles. The second kappa shape index (κ2) is 8.29. The highest BCUT2D eigenvalue weighted by molar-refractivity contribution is 7.10. The Morgan fingerprint density at radius 1 is 1.42 bits per heavy atom. The Morgan fingerprint density at radius 3 is 2.89 bits per heavy atom. The first-order valence-corrected chi connectivity index (χ1v) is 6.68. The lowest BCUT2D eigenvalue weighted by molar-refractivity contribution is -0.125. The van der Waals surface area contributed by atoms with Crippen molar-refractivity contribution in [2.45, 2.75) is 19.9 Å². The summed E-state index contributed by atoms with van der Waals surface area (Å²) in [5, 5.41) is 15.7. The van der Waals surface area contributed by atoms with Crippen LogP contribution in [0.3, 0.4) is 0 Å². The standard InChI is InChI=1S/C13H16N2O3S/c1-10(17)14-9-13(18)15-8-12-11(5-7-19-12)4-2-3-6-16/h5,7,16H,3,6,8-9H2,1H3,(H,14,17)(H,15,18). The number of thiophene rings is 1. The average molecular weight is 280 g/mol. The Hall–Kier alpha value is -1.84. The Labute approximate surface area is 116 Å². The topological polar surface area (TPSA) is 78.4 Å². The van der Waals surface area contributed by atoms with E-state index in [1.165, 1.54) is 18.3 Å². The molecule has 5 nitrogen and oxygen atoms in total. The molecule has 0 saturated heterocycles. The largest absolute Gasteiger partial charge is 0.395 e. The summed E-state index contributed by atoms with van der Waals surface area (Å²) in [5.41, 5.74) is 0.860. The van der Waals surface area contributed by atoms with Crippen LogP contribution in [0, 0.1) is 11.8 Å². The minimum atomic E-state index is -0.238. The van der Waals surface area contributed by atoms with Gasteiger partial charge in [-0.1, -0.05) is 11.8 Å². The predicted octanol–water partition coefficient (Wildman–Crippen LogP) is 0.234. The highest BCUT2D eigenvalue weighted by Gasteiger charge is 2.05. The van der Waals surface area contributed by atoms with E-state index in [-0.39, 0.29) is 25.0 Å². The number of amides is 2. The first-order valence-electron chi connectivity index (χ1n) is 5.80. The van der Waals surface area contributed by atoms with Crippen LogP contribution >= 0.6 is 11.3 Å². The Kier molecular flexibility index (Phi) is 6.64. The third kappa shape index (κ3) is 6.04. The molecule has 2 amide bonds. The molecule has 3 N–H and O–H groups in total. The van der Waals surface area contributed by atoms with E-state index in [0.717, 1.165) is 10.4 Å². The van der Waals surface area contributed by atoms with Gasteiger partial charge in [0, 0.05) is 23.8 Å². The summed E-state index contributed by atoms with van der Waals surface area (Å²) in [5.74, 6) is 5.32. The maximum absolute atomic E-state index is 11.4. The number of nitrogens with one attached hydrogen (secondary N) is 2. The van der Waals surface area contributed by atoms with Gasteiger partial charge in [-0.25, -0.2) is 0 Å². The fourth-order valence-corrected chi connectivity index (χ4v) is 2.02. The van der Waals surface area contributed by atoms with Crippen molar-refractivity contribution in [1.82, 2.24) is 10.6 Å². The Bertz CT molecular complexity index is 499. The number of rotatable bonds is 5. The summed E-state index contributed by atoms with van der Waals surface area (Å²) in [7, 11) is 0. The molecular formula is C13H16N2O3S. The lowest BCUT2D eigenvalue weighted by Crippen LogP contribution is -2.35. The molecule has 1 rings (SSSR count). The van der Waals surface area contributed by atoms with Crippen LogP contribution < -0.4 is 10.6 Å². The number of hydrogen-bond acceptors (Lipinski definition) is 4. The van der Waals surface area contributed by atoms with E-state index >= 15 is 0 Å². The van der Waals surface area contributed by atoms with Crippen LogP contribution in [0.1, 0.15) is 23.8 Å². The lowest BCUT2D eigenvalue weighted by Gasteiger charge is -2.04.